The monoisotopic (exact) mass is 695 g/mol. The van der Waals surface area contributed by atoms with E-state index < -0.39 is 5.41 Å². The van der Waals surface area contributed by atoms with Crippen molar-refractivity contribution in [3.8, 4) is 22.6 Å². The number of rotatable bonds is 3. The Morgan fingerprint density at radius 3 is 1.89 bits per heavy atom. The Bertz CT molecular complexity index is 3070. The molecule has 0 atom stereocenters. The minimum Gasteiger partial charge on any atom is -0.457 e. The van der Waals surface area contributed by atoms with Crippen molar-refractivity contribution in [1.82, 2.24) is 0 Å². The molecule has 0 radical (unpaired) electrons. The van der Waals surface area contributed by atoms with Crippen LogP contribution in [0.15, 0.2) is 180 Å². The van der Waals surface area contributed by atoms with Gasteiger partial charge in [-0.05, 0) is 89.0 Å². The van der Waals surface area contributed by atoms with Crippen molar-refractivity contribution in [2.24, 2.45) is 0 Å². The number of benzene rings is 8. The molecule has 1 spiro atoms. The van der Waals surface area contributed by atoms with E-state index >= 15 is 0 Å². The Balaban J connectivity index is 1.18. The Kier molecular flexibility index (Phi) is 5.86. The molecule has 0 N–H and O–H groups in total. The Morgan fingerprint density at radius 2 is 1.08 bits per heavy atom. The zero-order chi connectivity index (χ0) is 34.7. The molecule has 0 saturated carbocycles. The third kappa shape index (κ3) is 3.83. The van der Waals surface area contributed by atoms with Gasteiger partial charge in [0, 0.05) is 42.4 Å². The van der Waals surface area contributed by atoms with Crippen molar-refractivity contribution in [2.75, 3.05) is 4.90 Å². The lowest BCUT2D eigenvalue weighted by molar-refractivity contribution is 0.436. The summed E-state index contributed by atoms with van der Waals surface area (Å²) in [6.45, 7) is 0. The van der Waals surface area contributed by atoms with E-state index in [-0.39, 0.29) is 0 Å². The van der Waals surface area contributed by atoms with Crippen molar-refractivity contribution < 1.29 is 9.15 Å². The van der Waals surface area contributed by atoms with E-state index in [1.54, 1.807) is 0 Å². The molecule has 4 heteroatoms. The van der Waals surface area contributed by atoms with Gasteiger partial charge in [0.25, 0.3) is 0 Å². The number of hydrogen-bond donors (Lipinski definition) is 0. The minimum atomic E-state index is -0.556. The fourth-order valence-electron chi connectivity index (χ4n) is 9.26. The number of nitrogens with zero attached hydrogens (tertiary/aromatic N) is 1. The predicted octanol–water partition coefficient (Wildman–Crippen LogP) is 13.9. The van der Waals surface area contributed by atoms with Gasteiger partial charge in [-0.3, -0.25) is 0 Å². The molecular formula is C49H29NO2S. The quantitative estimate of drug-likeness (QED) is 0.184. The van der Waals surface area contributed by atoms with Crippen LogP contribution < -0.4 is 9.64 Å². The van der Waals surface area contributed by atoms with Crippen LogP contribution in [0.5, 0.6) is 11.5 Å². The second-order valence-corrected chi connectivity index (χ2v) is 15.0. The topological polar surface area (TPSA) is 25.6 Å². The molecule has 0 unspecified atom stereocenters. The maximum Gasteiger partial charge on any atom is 0.137 e. The van der Waals surface area contributed by atoms with Crippen LogP contribution in [0, 0.1) is 0 Å². The third-order valence-corrected chi connectivity index (χ3v) is 12.5. The van der Waals surface area contributed by atoms with E-state index in [0.717, 1.165) is 61.6 Å². The molecule has 3 heterocycles. The van der Waals surface area contributed by atoms with Crippen molar-refractivity contribution in [3.63, 3.8) is 0 Å². The summed E-state index contributed by atoms with van der Waals surface area (Å²) in [6, 6.07) is 63.2. The van der Waals surface area contributed by atoms with E-state index in [2.05, 4.69) is 181 Å². The van der Waals surface area contributed by atoms with Crippen molar-refractivity contribution in [2.45, 2.75) is 5.41 Å². The highest BCUT2D eigenvalue weighted by molar-refractivity contribution is 7.26. The SMILES string of the molecule is c1ccc(N(c2cccc3oc4cc5c(cc4c23)-c2ccccc2C52c3ccccc3Oc3ccccc32)c2cccc3sc4ccccc4c23)cc1. The van der Waals surface area contributed by atoms with Gasteiger partial charge in [0.1, 0.15) is 22.7 Å². The van der Waals surface area contributed by atoms with Gasteiger partial charge in [0.2, 0.25) is 0 Å². The first kappa shape index (κ1) is 29.0. The molecular weight excluding hydrogens is 667 g/mol. The van der Waals surface area contributed by atoms with Crippen LogP contribution in [0.3, 0.4) is 0 Å². The average molecular weight is 696 g/mol. The van der Waals surface area contributed by atoms with Crippen LogP contribution in [0.4, 0.5) is 17.1 Å². The van der Waals surface area contributed by atoms with Gasteiger partial charge >= 0.3 is 0 Å². The Morgan fingerprint density at radius 1 is 0.434 bits per heavy atom. The zero-order valence-electron chi connectivity index (χ0n) is 28.4. The number of thiophene rings is 1. The maximum absolute atomic E-state index is 6.94. The molecule has 0 amide bonds. The highest BCUT2D eigenvalue weighted by atomic mass is 32.1. The first-order valence-corrected chi connectivity index (χ1v) is 18.8. The molecule has 10 aromatic rings. The highest BCUT2D eigenvalue weighted by Crippen LogP contribution is 2.63. The summed E-state index contributed by atoms with van der Waals surface area (Å²) in [7, 11) is 0. The molecule has 248 valence electrons. The Labute approximate surface area is 309 Å². The molecule has 53 heavy (non-hydrogen) atoms. The molecule has 0 fully saturated rings. The second kappa shape index (κ2) is 10.7. The average Bonchev–Trinajstić information content (AvgIpc) is 3.87. The molecule has 2 aromatic heterocycles. The summed E-state index contributed by atoms with van der Waals surface area (Å²) in [6.07, 6.45) is 0. The molecule has 2 aliphatic rings. The fourth-order valence-corrected chi connectivity index (χ4v) is 10.4. The standard InChI is InChI=1S/C49H29NO2S/c1-2-14-30(15-3-1)50(40-22-13-27-46-48(40)32-17-5-11-26-45(32)53-46)39-21-12-25-43-47(39)34-28-33-31-16-4-6-18-35(31)49(38(33)29-44(34)52-43)36-19-7-9-23-41(36)51-42-24-10-8-20-37(42)49/h1-29H. The van der Waals surface area contributed by atoms with Crippen LogP contribution in [0.25, 0.3) is 53.2 Å². The molecule has 1 aliphatic heterocycles. The number of furan rings is 1. The zero-order valence-corrected chi connectivity index (χ0v) is 29.2. The van der Waals surface area contributed by atoms with Gasteiger partial charge in [0.05, 0.1) is 22.2 Å². The van der Waals surface area contributed by atoms with Gasteiger partial charge in [0.15, 0.2) is 0 Å². The van der Waals surface area contributed by atoms with Crippen molar-refractivity contribution in [1.29, 1.82) is 0 Å². The lowest BCUT2D eigenvalue weighted by Crippen LogP contribution is -2.32. The number of para-hydroxylation sites is 3. The predicted molar refractivity (Wildman–Crippen MR) is 219 cm³/mol. The summed E-state index contributed by atoms with van der Waals surface area (Å²) >= 11 is 1.85. The van der Waals surface area contributed by atoms with Gasteiger partial charge in [-0.2, -0.15) is 0 Å². The van der Waals surface area contributed by atoms with Gasteiger partial charge in [-0.25, -0.2) is 0 Å². The van der Waals surface area contributed by atoms with Crippen LogP contribution >= 0.6 is 11.3 Å². The largest absolute Gasteiger partial charge is 0.457 e. The number of fused-ring (bicyclic) bond motifs is 15. The second-order valence-electron chi connectivity index (χ2n) is 14.0. The fraction of sp³-hybridized carbons (Fsp3) is 0.0204. The van der Waals surface area contributed by atoms with Crippen LogP contribution in [0.2, 0.25) is 0 Å². The van der Waals surface area contributed by atoms with Crippen LogP contribution in [-0.4, -0.2) is 0 Å². The van der Waals surface area contributed by atoms with Crippen molar-refractivity contribution in [3.05, 3.63) is 198 Å². The summed E-state index contributed by atoms with van der Waals surface area (Å²) < 4.78 is 16.1. The van der Waals surface area contributed by atoms with Gasteiger partial charge < -0.3 is 14.1 Å². The summed E-state index contributed by atoms with van der Waals surface area (Å²) in [5, 5.41) is 4.72. The highest BCUT2D eigenvalue weighted by Gasteiger charge is 2.51. The first-order valence-electron chi connectivity index (χ1n) is 18.0. The molecule has 0 bridgehead atoms. The molecule has 1 aliphatic carbocycles. The van der Waals surface area contributed by atoms with E-state index in [9.17, 15) is 0 Å². The van der Waals surface area contributed by atoms with E-state index in [0.29, 0.717) is 0 Å². The molecule has 0 saturated heterocycles. The molecule has 12 rings (SSSR count). The Hall–Kier alpha value is -6.62. The van der Waals surface area contributed by atoms with Gasteiger partial charge in [-0.15, -0.1) is 11.3 Å². The smallest absolute Gasteiger partial charge is 0.137 e. The van der Waals surface area contributed by atoms with E-state index in [4.69, 9.17) is 9.15 Å². The van der Waals surface area contributed by atoms with E-state index in [1.807, 2.05) is 11.3 Å². The first-order chi connectivity index (χ1) is 26.3. The summed E-state index contributed by atoms with van der Waals surface area (Å²) in [4.78, 5) is 2.42. The number of ether oxygens (including phenoxy) is 1. The van der Waals surface area contributed by atoms with Gasteiger partial charge in [-0.1, -0.05) is 109 Å². The summed E-state index contributed by atoms with van der Waals surface area (Å²) in [5.41, 5.74) is 11.7. The van der Waals surface area contributed by atoms with Crippen LogP contribution in [0.1, 0.15) is 22.3 Å². The summed E-state index contributed by atoms with van der Waals surface area (Å²) in [5.74, 6) is 1.77. The normalized spacial score (nSPS) is 13.6. The lowest BCUT2D eigenvalue weighted by atomic mass is 9.66. The minimum absolute atomic E-state index is 0.556. The number of anilines is 3. The number of hydrogen-bond acceptors (Lipinski definition) is 4. The van der Waals surface area contributed by atoms with Crippen molar-refractivity contribution >= 4 is 70.5 Å². The third-order valence-electron chi connectivity index (χ3n) is 11.3. The lowest BCUT2D eigenvalue weighted by Gasteiger charge is -2.39. The van der Waals surface area contributed by atoms with Crippen LogP contribution in [-0.2, 0) is 5.41 Å². The molecule has 8 aromatic carbocycles. The molecule has 3 nitrogen and oxygen atoms in total. The van der Waals surface area contributed by atoms with E-state index in [1.165, 1.54) is 42.4 Å². The maximum atomic E-state index is 6.94.